The van der Waals surface area contributed by atoms with Crippen molar-refractivity contribution < 1.29 is 9.53 Å². The van der Waals surface area contributed by atoms with Gasteiger partial charge in [0.05, 0.1) is 12.2 Å². The Bertz CT molecular complexity index is 755. The number of para-hydroxylation sites is 2. The minimum Gasteiger partial charge on any atom is -0.385 e. The molecule has 0 aliphatic carbocycles. The van der Waals surface area contributed by atoms with Crippen LogP contribution in [-0.4, -0.2) is 31.2 Å². The van der Waals surface area contributed by atoms with Gasteiger partial charge < -0.3 is 15.0 Å². The number of ether oxygens (including phenoxy) is 1. The minimum absolute atomic E-state index is 0.146. The first-order chi connectivity index (χ1) is 14.4. The molecule has 4 heteroatoms. The second kappa shape index (κ2) is 12.4. The van der Waals surface area contributed by atoms with Gasteiger partial charge in [-0.2, -0.15) is 0 Å². The van der Waals surface area contributed by atoms with Crippen LogP contribution >= 0.6 is 0 Å². The molecule has 2 aliphatic heterocycles. The van der Waals surface area contributed by atoms with Crippen molar-refractivity contribution in [2.24, 2.45) is 0 Å². The highest BCUT2D eigenvalue weighted by molar-refractivity contribution is 5.92. The number of rotatable bonds is 2. The van der Waals surface area contributed by atoms with Crippen LogP contribution < -0.4 is 10.2 Å². The van der Waals surface area contributed by atoms with E-state index >= 15 is 0 Å². The summed E-state index contributed by atoms with van der Waals surface area (Å²) >= 11 is 0. The van der Waals surface area contributed by atoms with Crippen molar-refractivity contribution in [3.63, 3.8) is 0 Å². The Hall–Kier alpha value is -2.33. The molecule has 1 N–H and O–H groups in total. The molecule has 2 aliphatic rings. The first-order valence-electron chi connectivity index (χ1n) is 11.2. The smallest absolute Gasteiger partial charge is 0.223 e. The summed E-state index contributed by atoms with van der Waals surface area (Å²) in [5, 5.41) is 3.36. The molecule has 2 aromatic carbocycles. The maximum Gasteiger partial charge on any atom is 0.223 e. The molecule has 0 atom stereocenters. The standard InChI is InChI=1S/C11H13NO.C9H11N.C6H14O/c1-9(13)12-8-4-6-10-5-2-3-7-11(10)12;1-2-6-9-8(4-1)5-3-7-10-9;1-5(2)7-6(3)4/h2-3,5,7H,4,6,8H2,1H3;1-2,4,6,10H,3,5,7H2;5-6H,1-4H3. The van der Waals surface area contributed by atoms with Crippen LogP contribution in [-0.2, 0) is 22.4 Å². The van der Waals surface area contributed by atoms with E-state index in [1.807, 2.05) is 50.8 Å². The highest BCUT2D eigenvalue weighted by Gasteiger charge is 2.18. The summed E-state index contributed by atoms with van der Waals surface area (Å²) in [5.74, 6) is 0.146. The van der Waals surface area contributed by atoms with Gasteiger partial charge >= 0.3 is 0 Å². The highest BCUT2D eigenvalue weighted by atomic mass is 16.5. The summed E-state index contributed by atoms with van der Waals surface area (Å²) in [5.41, 5.74) is 5.19. The summed E-state index contributed by atoms with van der Waals surface area (Å²) in [6, 6.07) is 16.7. The Morgan fingerprint density at radius 3 is 2.10 bits per heavy atom. The zero-order chi connectivity index (χ0) is 21.9. The van der Waals surface area contributed by atoms with Crippen LogP contribution in [0.25, 0.3) is 0 Å². The van der Waals surface area contributed by atoms with E-state index in [0.717, 1.165) is 31.6 Å². The van der Waals surface area contributed by atoms with E-state index in [2.05, 4.69) is 35.6 Å². The number of anilines is 2. The molecule has 0 bridgehead atoms. The summed E-state index contributed by atoms with van der Waals surface area (Å²) < 4.78 is 5.25. The Morgan fingerprint density at radius 2 is 1.50 bits per heavy atom. The molecule has 164 valence electrons. The molecule has 30 heavy (non-hydrogen) atoms. The predicted molar refractivity (Wildman–Crippen MR) is 127 cm³/mol. The molecule has 2 heterocycles. The number of hydrogen-bond acceptors (Lipinski definition) is 3. The van der Waals surface area contributed by atoms with Gasteiger partial charge in [-0.25, -0.2) is 0 Å². The third-order valence-electron chi connectivity index (χ3n) is 4.99. The predicted octanol–water partition coefficient (Wildman–Crippen LogP) is 5.85. The molecule has 0 fully saturated rings. The van der Waals surface area contributed by atoms with Crippen molar-refractivity contribution in [1.29, 1.82) is 0 Å². The lowest BCUT2D eigenvalue weighted by Crippen LogP contribution is -2.33. The quantitative estimate of drug-likeness (QED) is 0.675. The molecule has 0 unspecified atom stereocenters. The van der Waals surface area contributed by atoms with Gasteiger partial charge in [-0.15, -0.1) is 0 Å². The van der Waals surface area contributed by atoms with Crippen LogP contribution in [0.3, 0.4) is 0 Å². The Labute approximate surface area is 182 Å². The van der Waals surface area contributed by atoms with Gasteiger partial charge in [0, 0.05) is 31.4 Å². The summed E-state index contributed by atoms with van der Waals surface area (Å²) in [7, 11) is 0. The SMILES string of the molecule is CC(=O)N1CCCc2ccccc21.CC(C)OC(C)C.c1ccc2c(c1)CCCN2. The maximum absolute atomic E-state index is 11.3. The lowest BCUT2D eigenvalue weighted by molar-refractivity contribution is -0.116. The molecule has 0 saturated heterocycles. The fourth-order valence-corrected chi connectivity index (χ4v) is 3.82. The third kappa shape index (κ3) is 7.83. The molecule has 0 aromatic heterocycles. The van der Waals surface area contributed by atoms with Crippen LogP contribution in [0.4, 0.5) is 11.4 Å². The van der Waals surface area contributed by atoms with E-state index < -0.39 is 0 Å². The van der Waals surface area contributed by atoms with Crippen LogP contribution in [0.1, 0.15) is 58.6 Å². The van der Waals surface area contributed by atoms with Crippen LogP contribution in [0.5, 0.6) is 0 Å². The average Bonchev–Trinajstić information content (AvgIpc) is 2.73. The van der Waals surface area contributed by atoms with Crippen molar-refractivity contribution in [2.75, 3.05) is 23.3 Å². The fourth-order valence-electron chi connectivity index (χ4n) is 3.82. The van der Waals surface area contributed by atoms with Crippen LogP contribution in [0.15, 0.2) is 48.5 Å². The number of amides is 1. The maximum atomic E-state index is 11.3. The van der Waals surface area contributed by atoms with Crippen molar-refractivity contribution in [3.05, 3.63) is 59.7 Å². The van der Waals surface area contributed by atoms with Gasteiger partial charge in [0.1, 0.15) is 0 Å². The van der Waals surface area contributed by atoms with Crippen LogP contribution in [0.2, 0.25) is 0 Å². The van der Waals surface area contributed by atoms with Crippen molar-refractivity contribution in [2.45, 2.75) is 72.5 Å². The molecule has 2 aromatic rings. The molecular formula is C26H38N2O2. The van der Waals surface area contributed by atoms with Gasteiger partial charge in [0.15, 0.2) is 0 Å². The zero-order valence-electron chi connectivity index (χ0n) is 19.3. The zero-order valence-corrected chi connectivity index (χ0v) is 19.3. The normalized spacial score (nSPS) is 14.4. The lowest BCUT2D eigenvalue weighted by atomic mass is 10.0. The minimum atomic E-state index is 0.146. The van der Waals surface area contributed by atoms with E-state index in [1.54, 1.807) is 6.92 Å². The van der Waals surface area contributed by atoms with E-state index in [0.29, 0.717) is 12.2 Å². The van der Waals surface area contributed by atoms with Gasteiger partial charge in [-0.3, -0.25) is 4.79 Å². The van der Waals surface area contributed by atoms with Crippen molar-refractivity contribution in [3.8, 4) is 0 Å². The summed E-state index contributed by atoms with van der Waals surface area (Å²) in [6.07, 6.45) is 5.44. The molecule has 4 nitrogen and oxygen atoms in total. The third-order valence-corrected chi connectivity index (χ3v) is 4.99. The highest BCUT2D eigenvalue weighted by Crippen LogP contribution is 2.26. The number of carbonyl (C=O) groups is 1. The van der Waals surface area contributed by atoms with Crippen molar-refractivity contribution in [1.82, 2.24) is 0 Å². The molecule has 0 radical (unpaired) electrons. The van der Waals surface area contributed by atoms with Crippen LogP contribution in [0, 0.1) is 0 Å². The largest absolute Gasteiger partial charge is 0.385 e. The molecule has 1 amide bonds. The number of nitrogens with one attached hydrogen (secondary N) is 1. The number of aryl methyl sites for hydroxylation is 2. The first-order valence-corrected chi connectivity index (χ1v) is 11.2. The number of nitrogens with zero attached hydrogens (tertiary/aromatic N) is 1. The molecule has 4 rings (SSSR count). The second-order valence-corrected chi connectivity index (χ2v) is 8.32. The second-order valence-electron chi connectivity index (χ2n) is 8.32. The summed E-state index contributed by atoms with van der Waals surface area (Å²) in [4.78, 5) is 13.1. The van der Waals surface area contributed by atoms with E-state index in [-0.39, 0.29) is 5.91 Å². The monoisotopic (exact) mass is 410 g/mol. The van der Waals surface area contributed by atoms with E-state index in [9.17, 15) is 4.79 Å². The van der Waals surface area contributed by atoms with Crippen molar-refractivity contribution >= 4 is 17.3 Å². The molecular weight excluding hydrogens is 372 g/mol. The number of hydrogen-bond donors (Lipinski definition) is 1. The fraction of sp³-hybridized carbons (Fsp3) is 0.500. The van der Waals surface area contributed by atoms with Gasteiger partial charge in [-0.05, 0) is 76.6 Å². The Balaban J connectivity index is 0.000000169. The summed E-state index contributed by atoms with van der Waals surface area (Å²) in [6.45, 7) is 11.8. The topological polar surface area (TPSA) is 41.6 Å². The van der Waals surface area contributed by atoms with Gasteiger partial charge in [0.2, 0.25) is 5.91 Å². The van der Waals surface area contributed by atoms with E-state index in [1.165, 1.54) is 29.7 Å². The first kappa shape index (κ1) is 23.9. The number of carbonyl (C=O) groups excluding carboxylic acids is 1. The van der Waals surface area contributed by atoms with E-state index in [4.69, 9.17) is 4.74 Å². The molecule has 0 spiro atoms. The Morgan fingerprint density at radius 1 is 0.900 bits per heavy atom. The average molecular weight is 411 g/mol. The lowest BCUT2D eigenvalue weighted by Gasteiger charge is -2.28. The van der Waals surface area contributed by atoms with Gasteiger partial charge in [0.25, 0.3) is 0 Å². The number of benzene rings is 2. The Kier molecular flexibility index (Phi) is 9.88. The van der Waals surface area contributed by atoms with Gasteiger partial charge in [-0.1, -0.05) is 36.4 Å². The number of fused-ring (bicyclic) bond motifs is 2. The molecule has 0 saturated carbocycles.